The van der Waals surface area contributed by atoms with Crippen LogP contribution in [0.5, 0.6) is 0 Å². The fourth-order valence-corrected chi connectivity index (χ4v) is 2.02. The van der Waals surface area contributed by atoms with Crippen molar-refractivity contribution in [1.82, 2.24) is 4.98 Å². The molecule has 0 aliphatic heterocycles. The highest BCUT2D eigenvalue weighted by atomic mass is 19.1. The third-order valence-corrected chi connectivity index (χ3v) is 3.27. The van der Waals surface area contributed by atoms with Crippen LogP contribution in [0.1, 0.15) is 27.0 Å². The minimum Gasteiger partial charge on any atom is -0.478 e. The lowest BCUT2D eigenvalue weighted by Crippen LogP contribution is -2.06. The van der Waals surface area contributed by atoms with Gasteiger partial charge >= 0.3 is 5.97 Å². The number of benzene rings is 1. The van der Waals surface area contributed by atoms with Gasteiger partial charge in [0, 0.05) is 5.56 Å². The molecule has 0 fully saturated rings. The second kappa shape index (κ2) is 4.80. The van der Waals surface area contributed by atoms with Gasteiger partial charge in [-0.3, -0.25) is 4.98 Å². The molecule has 0 aliphatic rings. The first-order valence-corrected chi connectivity index (χ1v) is 5.88. The van der Waals surface area contributed by atoms with Crippen LogP contribution in [0.2, 0.25) is 0 Å². The maximum atomic E-state index is 13.5. The summed E-state index contributed by atoms with van der Waals surface area (Å²) in [7, 11) is 0. The molecule has 19 heavy (non-hydrogen) atoms. The zero-order chi connectivity index (χ0) is 14.2. The van der Waals surface area contributed by atoms with Crippen molar-refractivity contribution < 1.29 is 14.3 Å². The molecule has 4 heteroatoms. The van der Waals surface area contributed by atoms with E-state index in [2.05, 4.69) is 4.98 Å². The summed E-state index contributed by atoms with van der Waals surface area (Å²) >= 11 is 0. The Morgan fingerprint density at radius 2 is 1.89 bits per heavy atom. The van der Waals surface area contributed by atoms with E-state index in [1.165, 1.54) is 0 Å². The third-order valence-electron chi connectivity index (χ3n) is 3.27. The summed E-state index contributed by atoms with van der Waals surface area (Å²) in [5.41, 5.74) is 3.55. The molecule has 0 saturated heterocycles. The molecule has 0 radical (unpaired) electrons. The van der Waals surface area contributed by atoms with Gasteiger partial charge in [-0.1, -0.05) is 12.1 Å². The lowest BCUT2D eigenvalue weighted by molar-refractivity contribution is 0.0691. The molecule has 2 aromatic rings. The molecule has 1 aromatic carbocycles. The maximum Gasteiger partial charge on any atom is 0.339 e. The second-order valence-electron chi connectivity index (χ2n) is 4.56. The van der Waals surface area contributed by atoms with E-state index in [-0.39, 0.29) is 5.56 Å². The van der Waals surface area contributed by atoms with E-state index in [0.29, 0.717) is 11.3 Å². The SMILES string of the molecule is Cc1ccc(-c2ncc(F)c(C(=O)O)c2C)cc1C. The number of hydrogen-bond donors (Lipinski definition) is 1. The Hall–Kier alpha value is -2.23. The van der Waals surface area contributed by atoms with Gasteiger partial charge in [0.2, 0.25) is 0 Å². The minimum absolute atomic E-state index is 0.316. The summed E-state index contributed by atoms with van der Waals surface area (Å²) in [6, 6.07) is 5.73. The summed E-state index contributed by atoms with van der Waals surface area (Å²) in [5, 5.41) is 9.05. The predicted octanol–water partition coefficient (Wildman–Crippen LogP) is 3.51. The average molecular weight is 259 g/mol. The summed E-state index contributed by atoms with van der Waals surface area (Å²) in [6.07, 6.45) is 0.959. The molecular formula is C15H14FNO2. The van der Waals surface area contributed by atoms with Crippen LogP contribution in [0.3, 0.4) is 0 Å². The molecule has 0 bridgehead atoms. The Balaban J connectivity index is 2.66. The lowest BCUT2D eigenvalue weighted by Gasteiger charge is -2.10. The number of aromatic nitrogens is 1. The van der Waals surface area contributed by atoms with E-state index in [4.69, 9.17) is 5.11 Å². The fraction of sp³-hybridized carbons (Fsp3) is 0.200. The van der Waals surface area contributed by atoms with E-state index in [1.54, 1.807) is 6.92 Å². The highest BCUT2D eigenvalue weighted by Crippen LogP contribution is 2.26. The van der Waals surface area contributed by atoms with Crippen molar-refractivity contribution in [1.29, 1.82) is 0 Å². The molecule has 0 unspecified atom stereocenters. The highest BCUT2D eigenvalue weighted by Gasteiger charge is 2.18. The monoisotopic (exact) mass is 259 g/mol. The van der Waals surface area contributed by atoms with E-state index < -0.39 is 11.8 Å². The lowest BCUT2D eigenvalue weighted by atomic mass is 9.99. The van der Waals surface area contributed by atoms with Crippen LogP contribution in [0.4, 0.5) is 4.39 Å². The molecule has 98 valence electrons. The molecule has 0 aliphatic carbocycles. The third kappa shape index (κ3) is 2.34. The summed E-state index contributed by atoms with van der Waals surface area (Å²) in [5.74, 6) is -2.08. The number of halogens is 1. The molecule has 1 heterocycles. The van der Waals surface area contributed by atoms with Crippen molar-refractivity contribution in [2.24, 2.45) is 0 Å². The maximum absolute atomic E-state index is 13.5. The number of carboxylic acid groups (broad SMARTS) is 1. The van der Waals surface area contributed by atoms with Gasteiger partial charge in [0.25, 0.3) is 0 Å². The molecule has 0 spiro atoms. The van der Waals surface area contributed by atoms with Crippen LogP contribution in [-0.4, -0.2) is 16.1 Å². The van der Waals surface area contributed by atoms with Crippen molar-refractivity contribution in [3.63, 3.8) is 0 Å². The van der Waals surface area contributed by atoms with Crippen LogP contribution < -0.4 is 0 Å². The van der Waals surface area contributed by atoms with Gasteiger partial charge in [0.15, 0.2) is 5.82 Å². The van der Waals surface area contributed by atoms with Crippen LogP contribution in [0, 0.1) is 26.6 Å². The average Bonchev–Trinajstić information content (AvgIpc) is 2.33. The number of aryl methyl sites for hydroxylation is 2. The summed E-state index contributed by atoms with van der Waals surface area (Å²) in [4.78, 5) is 15.1. The van der Waals surface area contributed by atoms with Crippen LogP contribution in [0.15, 0.2) is 24.4 Å². The van der Waals surface area contributed by atoms with E-state index in [0.717, 1.165) is 22.9 Å². The molecule has 1 aromatic heterocycles. The number of nitrogens with zero attached hydrogens (tertiary/aromatic N) is 1. The Morgan fingerprint density at radius 1 is 1.21 bits per heavy atom. The van der Waals surface area contributed by atoms with Crippen molar-refractivity contribution in [2.45, 2.75) is 20.8 Å². The smallest absolute Gasteiger partial charge is 0.339 e. The Bertz CT molecular complexity index is 665. The summed E-state index contributed by atoms with van der Waals surface area (Å²) < 4.78 is 13.5. The van der Waals surface area contributed by atoms with Crippen LogP contribution >= 0.6 is 0 Å². The van der Waals surface area contributed by atoms with Gasteiger partial charge in [-0.2, -0.15) is 0 Å². The molecule has 0 amide bonds. The van der Waals surface area contributed by atoms with E-state index in [9.17, 15) is 9.18 Å². The van der Waals surface area contributed by atoms with Gasteiger partial charge in [0.1, 0.15) is 5.56 Å². The number of carbonyl (C=O) groups is 1. The van der Waals surface area contributed by atoms with Gasteiger partial charge in [0.05, 0.1) is 11.9 Å². The summed E-state index contributed by atoms with van der Waals surface area (Å²) in [6.45, 7) is 5.53. The van der Waals surface area contributed by atoms with E-state index in [1.807, 2.05) is 32.0 Å². The van der Waals surface area contributed by atoms with Crippen molar-refractivity contribution in [3.8, 4) is 11.3 Å². The quantitative estimate of drug-likeness (QED) is 0.897. The number of aromatic carboxylic acids is 1. The minimum atomic E-state index is -1.28. The normalized spacial score (nSPS) is 10.5. The molecule has 2 rings (SSSR count). The number of pyridine rings is 1. The van der Waals surface area contributed by atoms with Gasteiger partial charge in [-0.05, 0) is 43.5 Å². The van der Waals surface area contributed by atoms with Gasteiger partial charge in [-0.15, -0.1) is 0 Å². The Morgan fingerprint density at radius 3 is 2.47 bits per heavy atom. The number of rotatable bonds is 2. The van der Waals surface area contributed by atoms with Gasteiger partial charge in [-0.25, -0.2) is 9.18 Å². The largest absolute Gasteiger partial charge is 0.478 e. The highest BCUT2D eigenvalue weighted by molar-refractivity contribution is 5.91. The first kappa shape index (κ1) is 13.2. The number of carboxylic acids is 1. The zero-order valence-corrected chi connectivity index (χ0v) is 11.0. The molecular weight excluding hydrogens is 245 g/mol. The Labute approximate surface area is 110 Å². The standard InChI is InChI=1S/C15H14FNO2/c1-8-4-5-11(6-9(8)2)14-10(3)13(15(18)19)12(16)7-17-14/h4-7H,1-3H3,(H,18,19). The Kier molecular flexibility index (Phi) is 3.34. The van der Waals surface area contributed by atoms with Crippen molar-refractivity contribution >= 4 is 5.97 Å². The topological polar surface area (TPSA) is 50.2 Å². The van der Waals surface area contributed by atoms with E-state index >= 15 is 0 Å². The van der Waals surface area contributed by atoms with Crippen molar-refractivity contribution in [3.05, 3.63) is 52.5 Å². The van der Waals surface area contributed by atoms with Crippen LogP contribution in [-0.2, 0) is 0 Å². The van der Waals surface area contributed by atoms with Crippen molar-refractivity contribution in [2.75, 3.05) is 0 Å². The predicted molar refractivity (Wildman–Crippen MR) is 70.8 cm³/mol. The molecule has 0 saturated carbocycles. The van der Waals surface area contributed by atoms with Crippen LogP contribution in [0.25, 0.3) is 11.3 Å². The number of hydrogen-bond acceptors (Lipinski definition) is 2. The van der Waals surface area contributed by atoms with Gasteiger partial charge < -0.3 is 5.11 Å². The first-order chi connectivity index (χ1) is 8.91. The fourth-order valence-electron chi connectivity index (χ4n) is 2.02. The molecule has 0 atom stereocenters. The molecule has 1 N–H and O–H groups in total. The molecule has 3 nitrogen and oxygen atoms in total. The zero-order valence-electron chi connectivity index (χ0n) is 11.0. The second-order valence-corrected chi connectivity index (χ2v) is 4.56. The first-order valence-electron chi connectivity index (χ1n) is 5.88.